The molecule has 8 nitrogen and oxygen atoms in total. The molecule has 0 bridgehead atoms. The summed E-state index contributed by atoms with van der Waals surface area (Å²) in [4.78, 5) is 29.9. The molecule has 2 amide bonds. The number of imide groups is 1. The average molecular weight is 464 g/mol. The van der Waals surface area contributed by atoms with E-state index in [-0.39, 0.29) is 17.1 Å². The van der Waals surface area contributed by atoms with Gasteiger partial charge < -0.3 is 9.64 Å². The molecule has 2 fully saturated rings. The lowest BCUT2D eigenvalue weighted by Crippen LogP contribution is -2.41. The smallest absolute Gasteiger partial charge is 0.260 e. The summed E-state index contributed by atoms with van der Waals surface area (Å²) in [6.45, 7) is 6.06. The molecule has 0 N–H and O–H groups in total. The van der Waals surface area contributed by atoms with E-state index in [0.29, 0.717) is 48.5 Å². The van der Waals surface area contributed by atoms with Gasteiger partial charge in [0, 0.05) is 36.8 Å². The summed E-state index contributed by atoms with van der Waals surface area (Å²) in [6.07, 6.45) is 2.38. The molecule has 166 valence electrons. The van der Waals surface area contributed by atoms with E-state index >= 15 is 0 Å². The van der Waals surface area contributed by atoms with Crippen LogP contribution in [0, 0.1) is 0 Å². The molecule has 2 aliphatic heterocycles. The summed E-state index contributed by atoms with van der Waals surface area (Å²) in [7, 11) is 0. The Kier molecular flexibility index (Phi) is 7.14. The Hall–Kier alpha value is -2.10. The minimum absolute atomic E-state index is 0.166. The van der Waals surface area contributed by atoms with Crippen LogP contribution in [0.3, 0.4) is 0 Å². The van der Waals surface area contributed by atoms with Gasteiger partial charge in [-0.05, 0) is 44.0 Å². The van der Waals surface area contributed by atoms with Crippen LogP contribution in [0.5, 0.6) is 0 Å². The second-order valence-corrected chi connectivity index (χ2v) is 9.14. The van der Waals surface area contributed by atoms with E-state index in [4.69, 9.17) is 16.3 Å². The van der Waals surface area contributed by atoms with Crippen LogP contribution in [0.4, 0.5) is 5.95 Å². The minimum Gasteiger partial charge on any atom is -0.378 e. The molecule has 2 aromatic rings. The number of morpholine rings is 1. The summed E-state index contributed by atoms with van der Waals surface area (Å²) >= 11 is 7.34. The van der Waals surface area contributed by atoms with E-state index in [1.165, 1.54) is 16.7 Å². The lowest BCUT2D eigenvalue weighted by molar-refractivity contribution is -0.127. The van der Waals surface area contributed by atoms with Gasteiger partial charge in [-0.3, -0.25) is 19.1 Å². The van der Waals surface area contributed by atoms with Crippen molar-refractivity contribution in [1.82, 2.24) is 19.7 Å². The third-order valence-electron chi connectivity index (χ3n) is 5.53. The molecule has 4 rings (SSSR count). The van der Waals surface area contributed by atoms with Gasteiger partial charge in [-0.2, -0.15) is 0 Å². The molecule has 0 radical (unpaired) electrons. The molecule has 0 saturated carbocycles. The van der Waals surface area contributed by atoms with Crippen molar-refractivity contribution in [3.05, 3.63) is 34.9 Å². The normalized spacial score (nSPS) is 20.1. The van der Waals surface area contributed by atoms with E-state index in [2.05, 4.69) is 15.1 Å². The lowest BCUT2D eigenvalue weighted by Gasteiger charge is -2.27. The van der Waals surface area contributed by atoms with Crippen LogP contribution in [0.25, 0.3) is 0 Å². The van der Waals surface area contributed by atoms with Gasteiger partial charge in [-0.1, -0.05) is 29.8 Å². The number of carbonyl (C=O) groups is 2. The van der Waals surface area contributed by atoms with E-state index in [1.807, 2.05) is 11.5 Å². The number of aromatic nitrogens is 3. The molecule has 0 aliphatic carbocycles. The van der Waals surface area contributed by atoms with Gasteiger partial charge in [0.25, 0.3) is 5.91 Å². The third-order valence-corrected chi connectivity index (χ3v) is 7.02. The summed E-state index contributed by atoms with van der Waals surface area (Å²) < 4.78 is 7.48. The highest BCUT2D eigenvalue weighted by atomic mass is 35.5. The summed E-state index contributed by atoms with van der Waals surface area (Å²) in [5, 5.41) is 9.67. The van der Waals surface area contributed by atoms with E-state index in [1.54, 1.807) is 24.3 Å². The first-order valence-corrected chi connectivity index (χ1v) is 11.9. The number of rotatable bonds is 5. The Morgan fingerprint density at radius 1 is 1.16 bits per heavy atom. The number of halogens is 1. The van der Waals surface area contributed by atoms with Crippen LogP contribution < -0.4 is 4.90 Å². The van der Waals surface area contributed by atoms with Crippen molar-refractivity contribution < 1.29 is 14.3 Å². The van der Waals surface area contributed by atoms with Crippen molar-refractivity contribution >= 4 is 41.1 Å². The van der Waals surface area contributed by atoms with Crippen molar-refractivity contribution in [2.45, 2.75) is 43.1 Å². The fourth-order valence-electron chi connectivity index (χ4n) is 3.84. The van der Waals surface area contributed by atoms with Gasteiger partial charge in [0.05, 0.1) is 18.5 Å². The van der Waals surface area contributed by atoms with Crippen LogP contribution in [0.15, 0.2) is 29.4 Å². The van der Waals surface area contributed by atoms with Gasteiger partial charge in [0.2, 0.25) is 11.9 Å². The summed E-state index contributed by atoms with van der Waals surface area (Å²) in [6, 6.07) is 6.65. The first-order chi connectivity index (χ1) is 15.1. The molecule has 10 heteroatoms. The van der Waals surface area contributed by atoms with Crippen LogP contribution in [-0.2, 0) is 16.1 Å². The highest BCUT2D eigenvalue weighted by Gasteiger charge is 2.34. The SMILES string of the molecule is CCn1c(S[C@@H]2CCCCN(C(=O)c3ccc(Cl)cc3)C2=O)nnc1N1CCOCC1. The average Bonchev–Trinajstić information content (AvgIpc) is 3.11. The maximum Gasteiger partial charge on any atom is 0.260 e. The van der Waals surface area contributed by atoms with Gasteiger partial charge in [-0.15, -0.1) is 10.2 Å². The number of hydrogen-bond donors (Lipinski definition) is 0. The van der Waals surface area contributed by atoms with E-state index in [9.17, 15) is 9.59 Å². The van der Waals surface area contributed by atoms with Crippen LogP contribution in [0.2, 0.25) is 5.02 Å². The number of likely N-dealkylation sites (tertiary alicyclic amines) is 1. The topological polar surface area (TPSA) is 80.6 Å². The van der Waals surface area contributed by atoms with Crippen molar-refractivity contribution in [2.75, 3.05) is 37.7 Å². The largest absolute Gasteiger partial charge is 0.378 e. The maximum atomic E-state index is 13.3. The van der Waals surface area contributed by atoms with Gasteiger partial charge in [0.15, 0.2) is 5.16 Å². The number of benzene rings is 1. The fourth-order valence-corrected chi connectivity index (χ4v) is 5.15. The van der Waals surface area contributed by atoms with Crippen molar-refractivity contribution in [3.8, 4) is 0 Å². The summed E-state index contributed by atoms with van der Waals surface area (Å²) in [5.74, 6) is 0.365. The van der Waals surface area contributed by atoms with Gasteiger partial charge in [-0.25, -0.2) is 0 Å². The first-order valence-electron chi connectivity index (χ1n) is 10.6. The second-order valence-electron chi connectivity index (χ2n) is 7.53. The van der Waals surface area contributed by atoms with Crippen LogP contribution >= 0.6 is 23.4 Å². The highest BCUT2D eigenvalue weighted by Crippen LogP contribution is 2.32. The standard InChI is InChI=1S/C21H26ClN5O3S/c1-2-26-20(25-11-13-30-14-12-25)23-24-21(26)31-17-5-3-4-10-27(19(17)29)18(28)15-6-8-16(22)9-7-15/h6-9,17H,2-5,10-14H2,1H3/t17-/m1/s1. The Morgan fingerprint density at radius 2 is 1.90 bits per heavy atom. The Bertz CT molecular complexity index is 930. The predicted molar refractivity (Wildman–Crippen MR) is 120 cm³/mol. The van der Waals surface area contributed by atoms with E-state index < -0.39 is 0 Å². The number of thioether (sulfide) groups is 1. The molecular weight excluding hydrogens is 438 g/mol. The molecule has 1 atom stereocenters. The van der Waals surface area contributed by atoms with E-state index in [0.717, 1.165) is 31.9 Å². The fraction of sp³-hybridized carbons (Fsp3) is 0.524. The quantitative estimate of drug-likeness (QED) is 0.630. The lowest BCUT2D eigenvalue weighted by atomic mass is 10.2. The van der Waals surface area contributed by atoms with Crippen LogP contribution in [0.1, 0.15) is 36.5 Å². The molecule has 2 saturated heterocycles. The van der Waals surface area contributed by atoms with Gasteiger partial charge >= 0.3 is 0 Å². The Balaban J connectivity index is 1.52. The Morgan fingerprint density at radius 3 is 2.61 bits per heavy atom. The predicted octanol–water partition coefficient (Wildman–Crippen LogP) is 3.10. The number of amides is 2. The Labute approximate surface area is 190 Å². The second kappa shape index (κ2) is 10.0. The molecule has 31 heavy (non-hydrogen) atoms. The number of ether oxygens (including phenoxy) is 1. The summed E-state index contributed by atoms with van der Waals surface area (Å²) in [5.41, 5.74) is 0.467. The highest BCUT2D eigenvalue weighted by molar-refractivity contribution is 8.00. The third kappa shape index (κ3) is 4.88. The van der Waals surface area contributed by atoms with Crippen LogP contribution in [-0.4, -0.2) is 69.6 Å². The monoisotopic (exact) mass is 463 g/mol. The molecule has 1 aromatic heterocycles. The first kappa shape index (κ1) is 22.1. The number of hydrogen-bond acceptors (Lipinski definition) is 7. The number of nitrogens with zero attached hydrogens (tertiary/aromatic N) is 5. The number of anilines is 1. The van der Waals surface area contributed by atoms with Gasteiger partial charge in [0.1, 0.15) is 0 Å². The maximum absolute atomic E-state index is 13.3. The minimum atomic E-state index is -0.370. The van der Waals surface area contributed by atoms with Crippen molar-refractivity contribution in [2.24, 2.45) is 0 Å². The van der Waals surface area contributed by atoms with Crippen molar-refractivity contribution in [3.63, 3.8) is 0 Å². The zero-order chi connectivity index (χ0) is 21.8. The zero-order valence-corrected chi connectivity index (χ0v) is 19.1. The molecule has 0 spiro atoms. The number of carbonyl (C=O) groups excluding carboxylic acids is 2. The molecular formula is C21H26ClN5O3S. The molecule has 2 aliphatic rings. The molecule has 3 heterocycles. The molecule has 1 aromatic carbocycles. The molecule has 0 unspecified atom stereocenters. The van der Waals surface area contributed by atoms with Crippen molar-refractivity contribution in [1.29, 1.82) is 0 Å². The zero-order valence-electron chi connectivity index (χ0n) is 17.5.